The van der Waals surface area contributed by atoms with Gasteiger partial charge in [-0.1, -0.05) is 35.0 Å². The summed E-state index contributed by atoms with van der Waals surface area (Å²) >= 11 is 0. The molecule has 0 saturated heterocycles. The Hall–Kier alpha value is -3.15. The second-order valence-corrected chi connectivity index (χ2v) is 5.04. The maximum Gasteiger partial charge on any atom is 0.337 e. The molecule has 2 rings (SSSR count). The monoisotopic (exact) mass is 326 g/mol. The van der Waals surface area contributed by atoms with Crippen LogP contribution in [0.4, 0.5) is 5.69 Å². The van der Waals surface area contributed by atoms with Gasteiger partial charge in [-0.25, -0.2) is 4.79 Å². The molecule has 0 saturated carbocycles. The zero-order chi connectivity index (χ0) is 17.4. The number of benzene rings is 2. The van der Waals surface area contributed by atoms with E-state index in [0.29, 0.717) is 11.3 Å². The van der Waals surface area contributed by atoms with Crippen LogP contribution in [0.2, 0.25) is 0 Å². The quantitative estimate of drug-likeness (QED) is 0.503. The summed E-state index contributed by atoms with van der Waals surface area (Å²) in [6, 6.07) is 14.1. The number of nitrogens with zero attached hydrogens (tertiary/aromatic N) is 1. The number of nitrogens with one attached hydrogen (secondary N) is 1. The summed E-state index contributed by atoms with van der Waals surface area (Å²) in [5.41, 5.74) is 3.01. The highest BCUT2D eigenvalue weighted by Gasteiger charge is 2.06. The number of oxime groups is 1. The third-order valence-electron chi connectivity index (χ3n) is 3.14. The van der Waals surface area contributed by atoms with E-state index < -0.39 is 5.97 Å². The molecule has 6 heteroatoms. The predicted molar refractivity (Wildman–Crippen MR) is 91.1 cm³/mol. The Morgan fingerprint density at radius 1 is 1.08 bits per heavy atom. The maximum atomic E-state index is 11.7. The number of esters is 1. The Morgan fingerprint density at radius 2 is 1.75 bits per heavy atom. The summed E-state index contributed by atoms with van der Waals surface area (Å²) < 4.78 is 4.60. The molecule has 0 atom stereocenters. The van der Waals surface area contributed by atoms with Gasteiger partial charge in [-0.2, -0.15) is 0 Å². The van der Waals surface area contributed by atoms with Crippen LogP contribution < -0.4 is 5.32 Å². The van der Waals surface area contributed by atoms with Crippen LogP contribution in [0.25, 0.3) is 0 Å². The molecular formula is C18H18N2O4. The first-order valence-corrected chi connectivity index (χ1v) is 7.29. The lowest BCUT2D eigenvalue weighted by molar-refractivity contribution is -0.120. The van der Waals surface area contributed by atoms with Crippen LogP contribution in [0, 0.1) is 6.92 Å². The first kappa shape index (κ1) is 17.2. The molecular weight excluding hydrogens is 308 g/mol. The maximum absolute atomic E-state index is 11.7. The molecule has 2 aromatic carbocycles. The summed E-state index contributed by atoms with van der Waals surface area (Å²) in [6.07, 6.45) is 1.54. The van der Waals surface area contributed by atoms with Gasteiger partial charge in [0.1, 0.15) is 0 Å². The van der Waals surface area contributed by atoms with Gasteiger partial charge in [-0.3, -0.25) is 4.79 Å². The minimum absolute atomic E-state index is 0.207. The number of methoxy groups -OCH3 is 1. The standard InChI is InChI=1S/C18H18N2O4/c1-13-3-5-14(6-4-13)11-19-24-12-17(21)20-16-9-7-15(8-10-16)18(22)23-2/h3-11H,12H2,1-2H3,(H,20,21)/b19-11-. The molecule has 2 aromatic rings. The van der Waals surface area contributed by atoms with Gasteiger partial charge in [0.05, 0.1) is 18.9 Å². The number of ether oxygens (including phenoxy) is 1. The van der Waals surface area contributed by atoms with Crippen molar-refractivity contribution in [2.24, 2.45) is 5.16 Å². The number of hydrogen-bond acceptors (Lipinski definition) is 5. The molecule has 24 heavy (non-hydrogen) atoms. The lowest BCUT2D eigenvalue weighted by Crippen LogP contribution is -2.17. The van der Waals surface area contributed by atoms with Crippen molar-refractivity contribution in [3.8, 4) is 0 Å². The number of carbonyl (C=O) groups is 2. The second kappa shape index (κ2) is 8.47. The highest BCUT2D eigenvalue weighted by atomic mass is 16.6. The zero-order valence-corrected chi connectivity index (χ0v) is 13.5. The average molecular weight is 326 g/mol. The Bertz CT molecular complexity index is 722. The SMILES string of the molecule is COC(=O)c1ccc(NC(=O)CO/N=C\c2ccc(C)cc2)cc1. The average Bonchev–Trinajstić information content (AvgIpc) is 2.60. The molecule has 0 bridgehead atoms. The van der Waals surface area contributed by atoms with E-state index in [0.717, 1.165) is 11.1 Å². The van der Waals surface area contributed by atoms with Crippen molar-refractivity contribution >= 4 is 23.8 Å². The fourth-order valence-corrected chi connectivity index (χ4v) is 1.85. The molecule has 0 fully saturated rings. The first-order valence-electron chi connectivity index (χ1n) is 7.29. The van der Waals surface area contributed by atoms with Crippen molar-refractivity contribution in [2.45, 2.75) is 6.92 Å². The molecule has 0 aliphatic heterocycles. The van der Waals surface area contributed by atoms with Crippen LogP contribution in [0.5, 0.6) is 0 Å². The van der Waals surface area contributed by atoms with E-state index in [9.17, 15) is 9.59 Å². The van der Waals surface area contributed by atoms with Crippen molar-refractivity contribution in [1.29, 1.82) is 0 Å². The van der Waals surface area contributed by atoms with Gasteiger partial charge in [-0.05, 0) is 36.8 Å². The molecule has 0 aliphatic carbocycles. The van der Waals surface area contributed by atoms with E-state index in [-0.39, 0.29) is 12.5 Å². The van der Waals surface area contributed by atoms with Crippen molar-refractivity contribution < 1.29 is 19.2 Å². The van der Waals surface area contributed by atoms with E-state index in [4.69, 9.17) is 4.84 Å². The third-order valence-corrected chi connectivity index (χ3v) is 3.14. The smallest absolute Gasteiger partial charge is 0.337 e. The topological polar surface area (TPSA) is 77.0 Å². The second-order valence-electron chi connectivity index (χ2n) is 5.04. The van der Waals surface area contributed by atoms with Crippen LogP contribution in [0.1, 0.15) is 21.5 Å². The number of hydrogen-bond donors (Lipinski definition) is 1. The van der Waals surface area contributed by atoms with Crippen LogP contribution in [0.3, 0.4) is 0 Å². The fraction of sp³-hybridized carbons (Fsp3) is 0.167. The van der Waals surface area contributed by atoms with Gasteiger partial charge in [0.15, 0.2) is 6.61 Å². The molecule has 0 aromatic heterocycles. The minimum atomic E-state index is -0.429. The Balaban J connectivity index is 1.78. The van der Waals surface area contributed by atoms with Gasteiger partial charge < -0.3 is 14.9 Å². The molecule has 0 radical (unpaired) electrons. The van der Waals surface area contributed by atoms with E-state index in [1.54, 1.807) is 24.3 Å². The molecule has 0 unspecified atom stereocenters. The molecule has 1 amide bonds. The molecule has 0 aliphatic rings. The molecule has 0 spiro atoms. The van der Waals surface area contributed by atoms with E-state index in [1.807, 2.05) is 31.2 Å². The summed E-state index contributed by atoms with van der Waals surface area (Å²) in [5.74, 6) is -0.775. The highest BCUT2D eigenvalue weighted by Crippen LogP contribution is 2.10. The summed E-state index contributed by atoms with van der Waals surface area (Å²) in [4.78, 5) is 28.0. The fourth-order valence-electron chi connectivity index (χ4n) is 1.85. The number of rotatable bonds is 6. The molecule has 124 valence electrons. The van der Waals surface area contributed by atoms with Gasteiger partial charge >= 0.3 is 5.97 Å². The third kappa shape index (κ3) is 5.24. The van der Waals surface area contributed by atoms with Crippen LogP contribution in [-0.2, 0) is 14.4 Å². The lowest BCUT2D eigenvalue weighted by atomic mass is 10.2. The Labute approximate surface area is 140 Å². The largest absolute Gasteiger partial charge is 0.465 e. The number of carbonyl (C=O) groups excluding carboxylic acids is 2. The number of amides is 1. The molecule has 1 N–H and O–H groups in total. The first-order chi connectivity index (χ1) is 11.6. The normalized spacial score (nSPS) is 10.4. The van der Waals surface area contributed by atoms with Crippen LogP contribution in [0.15, 0.2) is 53.7 Å². The summed E-state index contributed by atoms with van der Waals surface area (Å²) in [5, 5.41) is 6.40. The minimum Gasteiger partial charge on any atom is -0.465 e. The Morgan fingerprint density at radius 3 is 2.38 bits per heavy atom. The summed E-state index contributed by atoms with van der Waals surface area (Å²) in [7, 11) is 1.31. The van der Waals surface area contributed by atoms with Crippen molar-refractivity contribution in [2.75, 3.05) is 19.0 Å². The van der Waals surface area contributed by atoms with E-state index in [1.165, 1.54) is 13.3 Å². The van der Waals surface area contributed by atoms with E-state index in [2.05, 4.69) is 15.2 Å². The van der Waals surface area contributed by atoms with Gasteiger partial charge in [0, 0.05) is 5.69 Å². The molecule has 0 heterocycles. The summed E-state index contributed by atoms with van der Waals surface area (Å²) in [6.45, 7) is 1.79. The van der Waals surface area contributed by atoms with Crippen molar-refractivity contribution in [3.05, 3.63) is 65.2 Å². The van der Waals surface area contributed by atoms with Crippen LogP contribution in [-0.4, -0.2) is 31.8 Å². The van der Waals surface area contributed by atoms with Crippen molar-refractivity contribution in [3.63, 3.8) is 0 Å². The predicted octanol–water partition coefficient (Wildman–Crippen LogP) is 2.77. The zero-order valence-electron chi connectivity index (χ0n) is 13.5. The van der Waals surface area contributed by atoms with E-state index >= 15 is 0 Å². The van der Waals surface area contributed by atoms with Gasteiger partial charge in [0.2, 0.25) is 0 Å². The number of anilines is 1. The van der Waals surface area contributed by atoms with Gasteiger partial charge in [-0.15, -0.1) is 0 Å². The lowest BCUT2D eigenvalue weighted by Gasteiger charge is -2.05. The Kier molecular flexibility index (Phi) is 6.08. The van der Waals surface area contributed by atoms with Crippen molar-refractivity contribution in [1.82, 2.24) is 0 Å². The molecule has 6 nitrogen and oxygen atoms in total. The van der Waals surface area contributed by atoms with Crippen LogP contribution >= 0.6 is 0 Å². The van der Waals surface area contributed by atoms with Gasteiger partial charge in [0.25, 0.3) is 5.91 Å². The highest BCUT2D eigenvalue weighted by molar-refractivity contribution is 5.93. The number of aryl methyl sites for hydroxylation is 1.